The maximum absolute atomic E-state index is 13.1. The fraction of sp³-hybridized carbons (Fsp3) is 0.474. The Labute approximate surface area is 158 Å². The molecule has 0 aliphatic heterocycles. The van der Waals surface area contributed by atoms with Crippen LogP contribution in [-0.4, -0.2) is 43.5 Å². The molecule has 27 heavy (non-hydrogen) atoms. The molecule has 0 unspecified atom stereocenters. The summed E-state index contributed by atoms with van der Waals surface area (Å²) in [6, 6.07) is 4.44. The van der Waals surface area contributed by atoms with Crippen LogP contribution in [0.2, 0.25) is 0 Å². The van der Waals surface area contributed by atoms with Gasteiger partial charge in [-0.05, 0) is 31.0 Å². The summed E-state index contributed by atoms with van der Waals surface area (Å²) in [4.78, 5) is 24.6. The second kappa shape index (κ2) is 7.44. The van der Waals surface area contributed by atoms with Gasteiger partial charge in [-0.2, -0.15) is 4.31 Å². The van der Waals surface area contributed by atoms with Crippen LogP contribution < -0.4 is 5.43 Å². The normalized spacial score (nSPS) is 16.0. The van der Waals surface area contributed by atoms with Crippen LogP contribution in [0, 0.1) is 0 Å². The van der Waals surface area contributed by atoms with E-state index in [4.69, 9.17) is 0 Å². The molecule has 1 aromatic carbocycles. The van der Waals surface area contributed by atoms with Crippen LogP contribution in [0.5, 0.6) is 0 Å². The van der Waals surface area contributed by atoms with E-state index in [0.29, 0.717) is 5.52 Å². The van der Waals surface area contributed by atoms with Crippen molar-refractivity contribution >= 4 is 26.9 Å². The Morgan fingerprint density at radius 3 is 2.52 bits per heavy atom. The number of fused-ring (bicyclic) bond motifs is 1. The van der Waals surface area contributed by atoms with Crippen molar-refractivity contribution < 1.29 is 17.9 Å². The highest BCUT2D eigenvalue weighted by Gasteiger charge is 2.29. The van der Waals surface area contributed by atoms with Crippen molar-refractivity contribution in [1.82, 2.24) is 8.87 Å². The summed E-state index contributed by atoms with van der Waals surface area (Å²) in [7, 11) is 0.758. The van der Waals surface area contributed by atoms with Crippen molar-refractivity contribution in [1.29, 1.82) is 0 Å². The molecule has 1 aliphatic carbocycles. The maximum atomic E-state index is 13.1. The highest BCUT2D eigenvalue weighted by Crippen LogP contribution is 2.27. The van der Waals surface area contributed by atoms with Crippen LogP contribution in [-0.2, 0) is 21.8 Å². The molecule has 1 fully saturated rings. The van der Waals surface area contributed by atoms with E-state index in [1.54, 1.807) is 24.7 Å². The lowest BCUT2D eigenvalue weighted by Crippen LogP contribution is -2.38. The van der Waals surface area contributed by atoms with E-state index in [2.05, 4.69) is 4.74 Å². The molecule has 7 nitrogen and oxygen atoms in total. The number of rotatable bonds is 4. The average molecular weight is 392 g/mol. The predicted molar refractivity (Wildman–Crippen MR) is 102 cm³/mol. The number of aryl methyl sites for hydroxylation is 1. The molecule has 0 bridgehead atoms. The number of nitrogens with zero attached hydrogens (tertiary/aromatic N) is 2. The van der Waals surface area contributed by atoms with Gasteiger partial charge in [0.2, 0.25) is 15.5 Å². The van der Waals surface area contributed by atoms with Gasteiger partial charge in [-0.1, -0.05) is 19.3 Å². The van der Waals surface area contributed by atoms with Crippen molar-refractivity contribution in [3.05, 3.63) is 40.2 Å². The number of pyridine rings is 1. The van der Waals surface area contributed by atoms with Crippen molar-refractivity contribution in [3.8, 4) is 0 Å². The zero-order valence-electron chi connectivity index (χ0n) is 15.8. The SMILES string of the molecule is COC(=O)c1cn(C)c2ccc(S(=O)(=O)N(C)C3CCCCC3)cc2c1=O. The van der Waals surface area contributed by atoms with E-state index in [-0.39, 0.29) is 21.9 Å². The Balaban J connectivity index is 2.11. The topological polar surface area (TPSA) is 85.7 Å². The van der Waals surface area contributed by atoms with Crippen molar-refractivity contribution in [3.63, 3.8) is 0 Å². The molecule has 8 heteroatoms. The fourth-order valence-electron chi connectivity index (χ4n) is 3.69. The van der Waals surface area contributed by atoms with Gasteiger partial charge in [-0.15, -0.1) is 0 Å². The number of benzene rings is 1. The molecule has 3 rings (SSSR count). The number of ether oxygens (including phenoxy) is 1. The Morgan fingerprint density at radius 1 is 1.22 bits per heavy atom. The van der Waals surface area contributed by atoms with Crippen molar-refractivity contribution in [2.45, 2.75) is 43.0 Å². The largest absolute Gasteiger partial charge is 0.465 e. The van der Waals surface area contributed by atoms with Crippen LogP contribution in [0.1, 0.15) is 42.5 Å². The van der Waals surface area contributed by atoms with Gasteiger partial charge in [0, 0.05) is 31.7 Å². The molecule has 1 heterocycles. The van der Waals surface area contributed by atoms with Crippen LogP contribution in [0.4, 0.5) is 0 Å². The summed E-state index contributed by atoms with van der Waals surface area (Å²) in [6.07, 6.45) is 6.26. The minimum atomic E-state index is -3.73. The van der Waals surface area contributed by atoms with Gasteiger partial charge < -0.3 is 9.30 Å². The Hall–Kier alpha value is -2.19. The van der Waals surface area contributed by atoms with E-state index in [1.807, 2.05) is 0 Å². The van der Waals surface area contributed by atoms with Crippen LogP contribution >= 0.6 is 0 Å². The maximum Gasteiger partial charge on any atom is 0.343 e. The zero-order valence-corrected chi connectivity index (χ0v) is 16.6. The first-order chi connectivity index (χ1) is 12.8. The first kappa shape index (κ1) is 19.6. The highest BCUT2D eigenvalue weighted by molar-refractivity contribution is 7.89. The number of sulfonamides is 1. The third kappa shape index (κ3) is 3.51. The van der Waals surface area contributed by atoms with Crippen LogP contribution in [0.15, 0.2) is 34.1 Å². The summed E-state index contributed by atoms with van der Waals surface area (Å²) in [5.41, 5.74) is -0.109. The first-order valence-electron chi connectivity index (χ1n) is 8.97. The number of methoxy groups -OCH3 is 1. The Morgan fingerprint density at radius 2 is 1.89 bits per heavy atom. The van der Waals surface area contributed by atoms with Crippen molar-refractivity contribution in [2.75, 3.05) is 14.2 Å². The lowest BCUT2D eigenvalue weighted by molar-refractivity contribution is 0.0598. The molecule has 0 amide bonds. The summed E-state index contributed by atoms with van der Waals surface area (Å²) in [5.74, 6) is -0.745. The van der Waals surface area contributed by atoms with Gasteiger partial charge in [0.25, 0.3) is 0 Å². The van der Waals surface area contributed by atoms with Gasteiger partial charge in [0.15, 0.2) is 0 Å². The Bertz CT molecular complexity index is 1040. The van der Waals surface area contributed by atoms with Gasteiger partial charge in [0.05, 0.1) is 17.5 Å². The number of carbonyl (C=O) groups is 1. The minimum absolute atomic E-state index is 0.0244. The van der Waals surface area contributed by atoms with E-state index < -0.39 is 21.4 Å². The second-order valence-corrected chi connectivity index (χ2v) is 8.96. The molecule has 2 aromatic rings. The molecule has 0 radical (unpaired) electrons. The Kier molecular flexibility index (Phi) is 5.39. The predicted octanol–water partition coefficient (Wildman–Crippen LogP) is 2.28. The first-order valence-corrected chi connectivity index (χ1v) is 10.4. The van der Waals surface area contributed by atoms with Gasteiger partial charge in [-0.3, -0.25) is 4.79 Å². The monoisotopic (exact) mass is 392 g/mol. The zero-order chi connectivity index (χ0) is 19.8. The summed E-state index contributed by atoms with van der Waals surface area (Å²) >= 11 is 0. The molecule has 1 aliphatic rings. The molecule has 146 valence electrons. The molecule has 0 spiro atoms. The van der Waals surface area contributed by atoms with Gasteiger partial charge in [-0.25, -0.2) is 13.2 Å². The van der Waals surface area contributed by atoms with Gasteiger partial charge in [0.1, 0.15) is 5.56 Å². The molecule has 1 saturated carbocycles. The quantitative estimate of drug-likeness (QED) is 0.745. The molecule has 0 atom stereocenters. The molecule has 0 saturated heterocycles. The number of carbonyl (C=O) groups excluding carboxylic acids is 1. The minimum Gasteiger partial charge on any atom is -0.465 e. The number of esters is 1. The van der Waals surface area contributed by atoms with Crippen molar-refractivity contribution in [2.24, 2.45) is 7.05 Å². The number of hydrogen-bond acceptors (Lipinski definition) is 5. The standard InChI is InChI=1S/C19H24N2O5S/c1-20-12-16(19(23)26-3)18(22)15-11-14(9-10-17(15)20)27(24,25)21(2)13-7-5-4-6-8-13/h9-13H,4-8H2,1-3H3. The second-order valence-electron chi connectivity index (χ2n) is 6.97. The summed E-state index contributed by atoms with van der Waals surface area (Å²) < 4.78 is 33.8. The highest BCUT2D eigenvalue weighted by atomic mass is 32.2. The van der Waals surface area contributed by atoms with Gasteiger partial charge >= 0.3 is 5.97 Å². The summed E-state index contributed by atoms with van der Waals surface area (Å²) in [5, 5.41) is 0.179. The third-order valence-electron chi connectivity index (χ3n) is 5.33. The third-order valence-corrected chi connectivity index (χ3v) is 7.24. The molecule has 1 aromatic heterocycles. The summed E-state index contributed by atoms with van der Waals surface area (Å²) in [6.45, 7) is 0. The number of aromatic nitrogens is 1. The lowest BCUT2D eigenvalue weighted by Gasteiger charge is -2.30. The molecular weight excluding hydrogens is 368 g/mol. The van der Waals surface area contributed by atoms with E-state index in [9.17, 15) is 18.0 Å². The molecular formula is C19H24N2O5S. The lowest BCUT2D eigenvalue weighted by atomic mass is 9.96. The number of hydrogen-bond donors (Lipinski definition) is 0. The van der Waals surface area contributed by atoms with E-state index >= 15 is 0 Å². The smallest absolute Gasteiger partial charge is 0.343 e. The fourth-order valence-corrected chi connectivity index (χ4v) is 5.14. The van der Waals surface area contributed by atoms with E-state index in [1.165, 1.54) is 29.7 Å². The van der Waals surface area contributed by atoms with Crippen LogP contribution in [0.25, 0.3) is 10.9 Å². The van der Waals surface area contributed by atoms with Crippen LogP contribution in [0.3, 0.4) is 0 Å². The van der Waals surface area contributed by atoms with E-state index in [0.717, 1.165) is 32.1 Å². The average Bonchev–Trinajstić information content (AvgIpc) is 2.69. The molecule has 0 N–H and O–H groups in total.